The number of pyridine rings is 1. The minimum absolute atomic E-state index is 0.000972. The molecule has 4 rings (SSSR count). The Morgan fingerprint density at radius 2 is 1.92 bits per heavy atom. The molecule has 8 heteroatoms. The first kappa shape index (κ1) is 16.3. The zero-order chi connectivity index (χ0) is 18.1. The van der Waals surface area contributed by atoms with Crippen molar-refractivity contribution in [2.45, 2.75) is 6.92 Å². The fourth-order valence-corrected chi connectivity index (χ4v) is 3.40. The summed E-state index contributed by atoms with van der Waals surface area (Å²) < 4.78 is 1.73. The monoisotopic (exact) mass is 351 g/mol. The van der Waals surface area contributed by atoms with Gasteiger partial charge in [0.25, 0.3) is 5.91 Å². The molecular weight excluding hydrogens is 330 g/mol. The van der Waals surface area contributed by atoms with Crippen molar-refractivity contribution in [3.63, 3.8) is 0 Å². The molecule has 1 fully saturated rings. The number of rotatable bonds is 3. The SMILES string of the molecule is Cc1cnccc1N1CCN(C(=O)c2cn[nH]c2-c2ccnn2C)CC1. The summed E-state index contributed by atoms with van der Waals surface area (Å²) in [5.41, 5.74) is 4.48. The second-order valence-corrected chi connectivity index (χ2v) is 6.44. The van der Waals surface area contributed by atoms with E-state index in [4.69, 9.17) is 0 Å². The molecule has 4 heterocycles. The van der Waals surface area contributed by atoms with Crippen LogP contribution in [0.5, 0.6) is 0 Å². The Morgan fingerprint density at radius 1 is 1.12 bits per heavy atom. The Morgan fingerprint density at radius 3 is 2.62 bits per heavy atom. The third kappa shape index (κ3) is 2.83. The van der Waals surface area contributed by atoms with E-state index in [2.05, 4.69) is 32.1 Å². The molecule has 0 unspecified atom stereocenters. The maximum atomic E-state index is 13.0. The lowest BCUT2D eigenvalue weighted by molar-refractivity contribution is 0.0747. The van der Waals surface area contributed by atoms with Crippen LogP contribution >= 0.6 is 0 Å². The lowest BCUT2D eigenvalue weighted by Crippen LogP contribution is -2.49. The number of amides is 1. The van der Waals surface area contributed by atoms with Crippen molar-refractivity contribution in [1.82, 2.24) is 29.9 Å². The number of carbonyl (C=O) groups excluding carboxylic acids is 1. The number of nitrogens with one attached hydrogen (secondary N) is 1. The molecule has 3 aromatic rings. The normalized spacial score (nSPS) is 14.7. The molecule has 0 aliphatic carbocycles. The molecule has 0 aromatic carbocycles. The van der Waals surface area contributed by atoms with Crippen LogP contribution in [0.4, 0.5) is 5.69 Å². The van der Waals surface area contributed by atoms with E-state index in [-0.39, 0.29) is 5.91 Å². The number of nitrogens with zero attached hydrogens (tertiary/aromatic N) is 6. The van der Waals surface area contributed by atoms with Crippen LogP contribution in [-0.2, 0) is 7.05 Å². The summed E-state index contributed by atoms with van der Waals surface area (Å²) in [5, 5.41) is 11.2. The number of H-pyrrole nitrogens is 1. The Balaban J connectivity index is 1.49. The molecule has 1 aliphatic rings. The van der Waals surface area contributed by atoms with E-state index in [0.717, 1.165) is 24.3 Å². The summed E-state index contributed by atoms with van der Waals surface area (Å²) in [6.45, 7) is 5.02. The second kappa shape index (κ2) is 6.62. The Hall–Kier alpha value is -3.16. The van der Waals surface area contributed by atoms with E-state index in [0.29, 0.717) is 24.3 Å². The minimum atomic E-state index is 0.000972. The summed E-state index contributed by atoms with van der Waals surface area (Å²) in [6, 6.07) is 3.90. The van der Waals surface area contributed by atoms with Crippen molar-refractivity contribution in [3.05, 3.63) is 48.0 Å². The molecule has 0 saturated carbocycles. The number of aryl methyl sites for hydroxylation is 2. The summed E-state index contributed by atoms with van der Waals surface area (Å²) in [6.07, 6.45) is 6.99. The molecule has 0 spiro atoms. The maximum Gasteiger partial charge on any atom is 0.257 e. The average molecular weight is 351 g/mol. The standard InChI is InChI=1S/C18H21N7O/c1-13-11-19-5-3-15(13)24-7-9-25(10-8-24)18(26)14-12-20-22-17(14)16-4-6-21-23(16)2/h3-6,11-12H,7-10H2,1-2H3,(H,20,22). The highest BCUT2D eigenvalue weighted by Gasteiger charge is 2.26. The van der Waals surface area contributed by atoms with Gasteiger partial charge in [0.15, 0.2) is 0 Å². The van der Waals surface area contributed by atoms with Crippen molar-refractivity contribution in [2.24, 2.45) is 7.05 Å². The molecule has 1 aliphatic heterocycles. The van der Waals surface area contributed by atoms with E-state index >= 15 is 0 Å². The molecule has 1 saturated heterocycles. The van der Waals surface area contributed by atoms with Crippen LogP contribution in [0.2, 0.25) is 0 Å². The van der Waals surface area contributed by atoms with Gasteiger partial charge in [0, 0.05) is 57.5 Å². The number of piperazine rings is 1. The number of hydrogen-bond donors (Lipinski definition) is 1. The van der Waals surface area contributed by atoms with E-state index in [9.17, 15) is 4.79 Å². The van der Waals surface area contributed by atoms with Crippen molar-refractivity contribution < 1.29 is 4.79 Å². The minimum Gasteiger partial charge on any atom is -0.368 e. The molecule has 134 valence electrons. The van der Waals surface area contributed by atoms with E-state index in [1.54, 1.807) is 17.1 Å². The van der Waals surface area contributed by atoms with Gasteiger partial charge >= 0.3 is 0 Å². The van der Waals surface area contributed by atoms with Crippen LogP contribution in [0.1, 0.15) is 15.9 Å². The first-order valence-corrected chi connectivity index (χ1v) is 8.61. The molecule has 26 heavy (non-hydrogen) atoms. The van der Waals surface area contributed by atoms with Gasteiger partial charge in [-0.25, -0.2) is 0 Å². The molecule has 8 nitrogen and oxygen atoms in total. The first-order chi connectivity index (χ1) is 12.6. The highest BCUT2D eigenvalue weighted by Crippen LogP contribution is 2.24. The van der Waals surface area contributed by atoms with Gasteiger partial charge in [0.2, 0.25) is 0 Å². The molecule has 0 radical (unpaired) electrons. The van der Waals surface area contributed by atoms with Crippen molar-refractivity contribution in [3.8, 4) is 11.4 Å². The van der Waals surface area contributed by atoms with Crippen LogP contribution in [0.15, 0.2) is 36.9 Å². The summed E-state index contributed by atoms with van der Waals surface area (Å²) >= 11 is 0. The van der Waals surface area contributed by atoms with Gasteiger partial charge in [-0.3, -0.25) is 19.6 Å². The van der Waals surface area contributed by atoms with Crippen LogP contribution in [0, 0.1) is 6.92 Å². The fraction of sp³-hybridized carbons (Fsp3) is 0.333. The lowest BCUT2D eigenvalue weighted by atomic mass is 10.1. The molecule has 0 bridgehead atoms. The summed E-state index contributed by atoms with van der Waals surface area (Å²) in [7, 11) is 1.85. The second-order valence-electron chi connectivity index (χ2n) is 6.44. The van der Waals surface area contributed by atoms with Crippen LogP contribution < -0.4 is 4.90 Å². The highest BCUT2D eigenvalue weighted by atomic mass is 16.2. The lowest BCUT2D eigenvalue weighted by Gasteiger charge is -2.36. The first-order valence-electron chi connectivity index (χ1n) is 8.61. The van der Waals surface area contributed by atoms with Crippen LogP contribution in [0.25, 0.3) is 11.4 Å². The van der Waals surface area contributed by atoms with Gasteiger partial charge < -0.3 is 9.80 Å². The number of aromatic nitrogens is 5. The Labute approximate surface area is 151 Å². The predicted octanol–water partition coefficient (Wildman–Crippen LogP) is 1.48. The molecule has 1 amide bonds. The topological polar surface area (TPSA) is 82.9 Å². The van der Waals surface area contributed by atoms with Gasteiger partial charge in [-0.1, -0.05) is 0 Å². The summed E-state index contributed by atoms with van der Waals surface area (Å²) in [4.78, 5) is 21.3. The number of aromatic amines is 1. The number of hydrogen-bond acceptors (Lipinski definition) is 5. The van der Waals surface area contributed by atoms with E-state index in [1.807, 2.05) is 36.5 Å². The number of anilines is 1. The third-order valence-electron chi connectivity index (χ3n) is 4.85. The van der Waals surface area contributed by atoms with Gasteiger partial charge in [0.05, 0.1) is 23.1 Å². The largest absolute Gasteiger partial charge is 0.368 e. The zero-order valence-corrected chi connectivity index (χ0v) is 14.9. The van der Waals surface area contributed by atoms with Gasteiger partial charge in [-0.05, 0) is 24.6 Å². The van der Waals surface area contributed by atoms with Gasteiger partial charge in [-0.2, -0.15) is 10.2 Å². The Bertz CT molecular complexity index is 921. The number of carbonyl (C=O) groups is 1. The molecule has 1 N–H and O–H groups in total. The van der Waals surface area contributed by atoms with Crippen molar-refractivity contribution in [1.29, 1.82) is 0 Å². The molecular formula is C18H21N7O. The van der Waals surface area contributed by atoms with Gasteiger partial charge in [-0.15, -0.1) is 0 Å². The smallest absolute Gasteiger partial charge is 0.257 e. The van der Waals surface area contributed by atoms with Crippen molar-refractivity contribution in [2.75, 3.05) is 31.1 Å². The van der Waals surface area contributed by atoms with Gasteiger partial charge in [0.1, 0.15) is 0 Å². The Kier molecular flexibility index (Phi) is 4.16. The molecule has 0 atom stereocenters. The van der Waals surface area contributed by atoms with Crippen LogP contribution in [0.3, 0.4) is 0 Å². The zero-order valence-electron chi connectivity index (χ0n) is 14.9. The highest BCUT2D eigenvalue weighted by molar-refractivity contribution is 5.99. The third-order valence-corrected chi connectivity index (χ3v) is 4.85. The predicted molar refractivity (Wildman–Crippen MR) is 97.9 cm³/mol. The quantitative estimate of drug-likeness (QED) is 0.773. The fourth-order valence-electron chi connectivity index (χ4n) is 3.40. The van der Waals surface area contributed by atoms with E-state index < -0.39 is 0 Å². The molecule has 3 aromatic heterocycles. The van der Waals surface area contributed by atoms with Crippen LogP contribution in [-0.4, -0.2) is 61.9 Å². The average Bonchev–Trinajstić information content (AvgIpc) is 3.30. The van der Waals surface area contributed by atoms with E-state index in [1.165, 1.54) is 5.69 Å². The maximum absolute atomic E-state index is 13.0. The van der Waals surface area contributed by atoms with Crippen molar-refractivity contribution >= 4 is 11.6 Å². The summed E-state index contributed by atoms with van der Waals surface area (Å²) in [5.74, 6) is 0.000972.